The predicted molar refractivity (Wildman–Crippen MR) is 67.6 cm³/mol. The molecule has 96 valence electrons. The number of carbonyl (C=O) groups is 2. The highest BCUT2D eigenvalue weighted by Gasteiger charge is 2.56. The maximum atomic E-state index is 12.1. The summed E-state index contributed by atoms with van der Waals surface area (Å²) in [4.78, 5) is 24.2. The van der Waals surface area contributed by atoms with Crippen LogP contribution in [0.15, 0.2) is 0 Å². The zero-order valence-electron chi connectivity index (χ0n) is 11.5. The number of ketones is 2. The van der Waals surface area contributed by atoms with Crippen molar-refractivity contribution in [1.29, 1.82) is 0 Å². The lowest BCUT2D eigenvalue weighted by molar-refractivity contribution is -0.127. The van der Waals surface area contributed by atoms with E-state index >= 15 is 0 Å². The molecule has 0 N–H and O–H groups in total. The average molecular weight is 236 g/mol. The van der Waals surface area contributed by atoms with Crippen molar-refractivity contribution in [3.63, 3.8) is 0 Å². The molecule has 2 nitrogen and oxygen atoms in total. The summed E-state index contributed by atoms with van der Waals surface area (Å²) in [7, 11) is 0. The molecule has 3 atom stereocenters. The number of fused-ring (bicyclic) bond motifs is 1. The van der Waals surface area contributed by atoms with Gasteiger partial charge in [-0.15, -0.1) is 0 Å². The Balaban J connectivity index is 2.17. The summed E-state index contributed by atoms with van der Waals surface area (Å²) in [5.74, 6) is 1.30. The predicted octanol–water partition coefficient (Wildman–Crippen LogP) is 3.39. The highest BCUT2D eigenvalue weighted by Crippen LogP contribution is 2.59. The zero-order valence-corrected chi connectivity index (χ0v) is 11.5. The second kappa shape index (κ2) is 3.93. The van der Waals surface area contributed by atoms with Gasteiger partial charge in [0.2, 0.25) is 0 Å². The molecular formula is C15H24O2. The van der Waals surface area contributed by atoms with Gasteiger partial charge in [-0.3, -0.25) is 9.59 Å². The lowest BCUT2D eigenvalue weighted by Gasteiger charge is -2.28. The standard InChI is InChI=1S/C15H24O2/c1-10-5-6-13(17)15(4)8-11(15)7-14(2,3)9-12(10)16/h10-11H,5-9H2,1-4H3. The van der Waals surface area contributed by atoms with Gasteiger partial charge in [-0.1, -0.05) is 27.7 Å². The molecule has 0 heterocycles. The SMILES string of the molecule is CC1CCC(=O)C2(C)CC2CC(C)(C)CC1=O. The van der Waals surface area contributed by atoms with Gasteiger partial charge in [0.25, 0.3) is 0 Å². The Hall–Kier alpha value is -0.660. The van der Waals surface area contributed by atoms with E-state index in [0.717, 1.165) is 19.3 Å². The molecule has 0 radical (unpaired) electrons. The van der Waals surface area contributed by atoms with Crippen molar-refractivity contribution in [3.8, 4) is 0 Å². The van der Waals surface area contributed by atoms with Crippen molar-refractivity contribution in [3.05, 3.63) is 0 Å². The van der Waals surface area contributed by atoms with Crippen LogP contribution in [-0.2, 0) is 9.59 Å². The smallest absolute Gasteiger partial charge is 0.139 e. The monoisotopic (exact) mass is 236 g/mol. The molecule has 0 aromatic heterocycles. The van der Waals surface area contributed by atoms with E-state index in [9.17, 15) is 9.59 Å². The van der Waals surface area contributed by atoms with Crippen LogP contribution in [0.1, 0.15) is 59.8 Å². The van der Waals surface area contributed by atoms with Crippen LogP contribution in [-0.4, -0.2) is 11.6 Å². The number of carbonyl (C=O) groups excluding carboxylic acids is 2. The Labute approximate surface area is 104 Å². The van der Waals surface area contributed by atoms with Crippen molar-refractivity contribution < 1.29 is 9.59 Å². The molecule has 0 saturated heterocycles. The summed E-state index contributed by atoms with van der Waals surface area (Å²) in [5.41, 5.74) is 0.00275. The fourth-order valence-corrected chi connectivity index (χ4v) is 3.27. The van der Waals surface area contributed by atoms with E-state index in [4.69, 9.17) is 0 Å². The quantitative estimate of drug-likeness (QED) is 0.646. The van der Waals surface area contributed by atoms with Crippen LogP contribution in [0.3, 0.4) is 0 Å². The lowest BCUT2D eigenvalue weighted by atomic mass is 9.76. The van der Waals surface area contributed by atoms with E-state index in [0.29, 0.717) is 30.3 Å². The van der Waals surface area contributed by atoms with E-state index in [1.54, 1.807) is 0 Å². The summed E-state index contributed by atoms with van der Waals surface area (Å²) in [6, 6.07) is 0. The molecule has 2 aliphatic rings. The zero-order chi connectivity index (χ0) is 12.8. The maximum Gasteiger partial charge on any atom is 0.139 e. The fraction of sp³-hybridized carbons (Fsp3) is 0.867. The highest BCUT2D eigenvalue weighted by molar-refractivity contribution is 5.89. The van der Waals surface area contributed by atoms with Gasteiger partial charge < -0.3 is 0 Å². The maximum absolute atomic E-state index is 12.1. The second-order valence-corrected chi connectivity index (χ2v) is 7.19. The Morgan fingerprint density at radius 3 is 2.41 bits per heavy atom. The third-order valence-electron chi connectivity index (χ3n) is 4.85. The largest absolute Gasteiger partial charge is 0.299 e. The third kappa shape index (κ3) is 2.46. The number of hydrogen-bond acceptors (Lipinski definition) is 2. The first-order chi connectivity index (χ1) is 7.74. The number of Topliss-reactive ketones (excluding diaryl/α,β-unsaturated/α-hetero) is 2. The normalized spacial score (nSPS) is 41.9. The summed E-state index contributed by atoms with van der Waals surface area (Å²) in [6.07, 6.45) is 4.08. The van der Waals surface area contributed by atoms with Gasteiger partial charge in [-0.25, -0.2) is 0 Å². The average Bonchev–Trinajstić information content (AvgIpc) is 2.83. The molecule has 17 heavy (non-hydrogen) atoms. The molecule has 0 bridgehead atoms. The van der Waals surface area contributed by atoms with Gasteiger partial charge in [0.1, 0.15) is 11.6 Å². The van der Waals surface area contributed by atoms with E-state index in [2.05, 4.69) is 20.8 Å². The van der Waals surface area contributed by atoms with Gasteiger partial charge in [0, 0.05) is 24.2 Å². The van der Waals surface area contributed by atoms with Crippen molar-refractivity contribution in [2.24, 2.45) is 22.7 Å². The Morgan fingerprint density at radius 2 is 1.76 bits per heavy atom. The minimum atomic E-state index is -0.0582. The van der Waals surface area contributed by atoms with Crippen LogP contribution >= 0.6 is 0 Å². The minimum absolute atomic E-state index is 0.0529. The Morgan fingerprint density at radius 1 is 1.12 bits per heavy atom. The van der Waals surface area contributed by atoms with Gasteiger partial charge >= 0.3 is 0 Å². The van der Waals surface area contributed by atoms with Crippen LogP contribution in [0.5, 0.6) is 0 Å². The summed E-state index contributed by atoms with van der Waals surface area (Å²) in [5, 5.41) is 0. The first kappa shape index (κ1) is 12.8. The van der Waals surface area contributed by atoms with Crippen LogP contribution in [0.25, 0.3) is 0 Å². The van der Waals surface area contributed by atoms with Gasteiger partial charge in [0.15, 0.2) is 0 Å². The van der Waals surface area contributed by atoms with Crippen LogP contribution in [0.4, 0.5) is 0 Å². The Bertz CT molecular complexity index is 356. The molecule has 2 heteroatoms. The van der Waals surface area contributed by atoms with Gasteiger partial charge in [-0.05, 0) is 30.6 Å². The molecule has 0 spiro atoms. The van der Waals surface area contributed by atoms with Crippen molar-refractivity contribution in [2.75, 3.05) is 0 Å². The Kier molecular flexibility index (Phi) is 2.95. The molecule has 2 saturated carbocycles. The molecule has 0 aromatic rings. The first-order valence-electron chi connectivity index (χ1n) is 6.81. The van der Waals surface area contributed by atoms with Crippen LogP contribution < -0.4 is 0 Å². The van der Waals surface area contributed by atoms with E-state index < -0.39 is 0 Å². The van der Waals surface area contributed by atoms with Crippen LogP contribution in [0.2, 0.25) is 0 Å². The molecule has 0 aromatic carbocycles. The number of hydrogen-bond donors (Lipinski definition) is 0. The highest BCUT2D eigenvalue weighted by atomic mass is 16.1. The molecule has 2 fully saturated rings. The molecule has 2 rings (SSSR count). The van der Waals surface area contributed by atoms with Gasteiger partial charge in [0.05, 0.1) is 0 Å². The second-order valence-electron chi connectivity index (χ2n) is 7.19. The van der Waals surface area contributed by atoms with E-state index in [1.165, 1.54) is 0 Å². The first-order valence-corrected chi connectivity index (χ1v) is 6.81. The summed E-state index contributed by atoms with van der Waals surface area (Å²) in [6.45, 7) is 8.43. The topological polar surface area (TPSA) is 34.1 Å². The molecular weight excluding hydrogens is 212 g/mol. The van der Waals surface area contributed by atoms with Crippen molar-refractivity contribution in [2.45, 2.75) is 59.8 Å². The number of rotatable bonds is 0. The van der Waals surface area contributed by atoms with Crippen molar-refractivity contribution >= 4 is 11.6 Å². The molecule has 2 aliphatic carbocycles. The molecule has 0 aliphatic heterocycles. The van der Waals surface area contributed by atoms with E-state index in [-0.39, 0.29) is 16.7 Å². The lowest BCUT2D eigenvalue weighted by Crippen LogP contribution is -2.27. The molecule has 3 unspecified atom stereocenters. The van der Waals surface area contributed by atoms with Crippen molar-refractivity contribution in [1.82, 2.24) is 0 Å². The summed E-state index contributed by atoms with van der Waals surface area (Å²) >= 11 is 0. The van der Waals surface area contributed by atoms with Crippen LogP contribution in [0, 0.1) is 22.7 Å². The minimum Gasteiger partial charge on any atom is -0.299 e. The van der Waals surface area contributed by atoms with Gasteiger partial charge in [-0.2, -0.15) is 0 Å². The third-order valence-corrected chi connectivity index (χ3v) is 4.85. The fourth-order valence-electron chi connectivity index (χ4n) is 3.27. The van der Waals surface area contributed by atoms with E-state index in [1.807, 2.05) is 6.92 Å². The summed E-state index contributed by atoms with van der Waals surface area (Å²) < 4.78 is 0. The molecule has 0 amide bonds.